The quantitative estimate of drug-likeness (QED) is 0.614. The van der Waals surface area contributed by atoms with Gasteiger partial charge in [-0.15, -0.1) is 0 Å². The molecule has 0 heterocycles. The molecule has 0 atom stereocenters. The van der Waals surface area contributed by atoms with E-state index in [2.05, 4.69) is 0 Å². The van der Waals surface area contributed by atoms with Crippen LogP contribution in [0.2, 0.25) is 0 Å². The summed E-state index contributed by atoms with van der Waals surface area (Å²) in [5.41, 5.74) is 0. The van der Waals surface area contributed by atoms with Crippen LogP contribution in [0.4, 0.5) is 22.4 Å². The van der Waals surface area contributed by atoms with Gasteiger partial charge < -0.3 is 0 Å². The summed E-state index contributed by atoms with van der Waals surface area (Å²) in [6.45, 7) is 0. The van der Waals surface area contributed by atoms with Crippen LogP contribution in [-0.2, 0) is 19.9 Å². The molecule has 0 spiro atoms. The van der Waals surface area contributed by atoms with Crippen molar-refractivity contribution in [1.29, 1.82) is 0 Å². The van der Waals surface area contributed by atoms with Gasteiger partial charge in [0.25, 0.3) is 0 Å². The summed E-state index contributed by atoms with van der Waals surface area (Å²) in [6.07, 6.45) is 0. The Labute approximate surface area is 43.4 Å². The third-order valence-corrected chi connectivity index (χ3v) is 0.487. The van der Waals surface area contributed by atoms with Crippen molar-refractivity contribution in [3.05, 3.63) is 0 Å². The van der Waals surface area contributed by atoms with Crippen molar-refractivity contribution in [3.63, 3.8) is 0 Å². The first-order valence-electron chi connectivity index (χ1n) is 1.06. The van der Waals surface area contributed by atoms with E-state index >= 15 is 0 Å². The zero-order valence-corrected chi connectivity index (χ0v) is 4.46. The van der Waals surface area contributed by atoms with E-state index in [9.17, 15) is 22.4 Å². The molecule has 63 valence electrons. The first-order chi connectivity index (χ1) is 3.24. The fraction of sp³-hybridized carbons (Fsp3) is 0. The Bertz CT molecular complexity index is 213. The standard InChI is InChI=1S/Co.FO.5FH.O/c;1-2;;;;;;/h;;5*1H;/q+6;-1;;;;;;/p-5. The van der Waals surface area contributed by atoms with Crippen LogP contribution >= 0.6 is 0 Å². The zero-order valence-electron chi connectivity index (χ0n) is 3.42. The van der Waals surface area contributed by atoms with Crippen molar-refractivity contribution in [2.45, 2.75) is 0 Å². The molecule has 0 rings (SSSR count). The Morgan fingerprint density at radius 2 is 1.11 bits per heavy atom. The molecule has 0 aliphatic heterocycles. The van der Waals surface area contributed by atoms with Gasteiger partial charge in [-0.3, -0.25) is 0 Å². The van der Waals surface area contributed by atoms with Crippen LogP contribution in [0.1, 0.15) is 0 Å². The first-order valence-corrected chi connectivity index (χ1v) is 3.87. The minimum atomic E-state index is -12.2. The van der Waals surface area contributed by atoms with Gasteiger partial charge >= 0.3 is 42.3 Å². The summed E-state index contributed by atoms with van der Waals surface area (Å²) in [5.74, 6) is 0. The topological polar surface area (TPSA) is 26.3 Å². The molecule has 2 nitrogen and oxygen atoms in total. The molecule has 0 saturated carbocycles. The molecular weight excluding hydrogens is 205 g/mol. The second-order valence-corrected chi connectivity index (χ2v) is 4.53. The predicted molar refractivity (Wildman–Crippen MR) is 8.42 cm³/mol. The van der Waals surface area contributed by atoms with Crippen LogP contribution in [0.3, 0.4) is 0 Å². The molecule has 0 fully saturated rings. The van der Waals surface area contributed by atoms with E-state index in [0.29, 0.717) is 0 Å². The first kappa shape index (κ1) is 8.85. The van der Waals surface area contributed by atoms with Crippen molar-refractivity contribution in [3.8, 4) is 0 Å². The van der Waals surface area contributed by atoms with Crippen LogP contribution in [0.5, 0.6) is 0 Å². The molecule has 0 N–H and O–H groups in total. The van der Waals surface area contributed by atoms with Gasteiger partial charge in [-0.05, 0) is 0 Å². The fourth-order valence-electron chi connectivity index (χ4n) is 0. The van der Waals surface area contributed by atoms with Gasteiger partial charge in [0.2, 0.25) is 0 Å². The number of halogens is 6. The summed E-state index contributed by atoms with van der Waals surface area (Å²) in [4.78, 5) is 0. The molecule has 0 aromatic carbocycles. The van der Waals surface area contributed by atoms with Crippen LogP contribution in [-0.4, -0.2) is 0 Å². The fourth-order valence-corrected chi connectivity index (χ4v) is 0. The van der Waals surface area contributed by atoms with E-state index in [0.717, 1.165) is 0 Å². The Morgan fingerprint density at radius 3 is 1.11 bits per heavy atom. The Hall–Kier alpha value is -0.154. The molecule has 9 heteroatoms. The van der Waals surface area contributed by atoms with Crippen molar-refractivity contribution in [1.82, 2.24) is 0 Å². The summed E-state index contributed by atoms with van der Waals surface area (Å²) in [5, 5.41) is 0. The van der Waals surface area contributed by atoms with E-state index in [1.165, 1.54) is 0 Å². The molecule has 0 amide bonds. The molecule has 0 radical (unpaired) electrons. The summed E-state index contributed by atoms with van der Waals surface area (Å²) in [7, 11) is 0. The van der Waals surface area contributed by atoms with Crippen LogP contribution < -0.4 is 0 Å². The third kappa shape index (κ3) is 7.85. The summed E-state index contributed by atoms with van der Waals surface area (Å²) in [6, 6.07) is 0. The maximum atomic E-state index is 10.5. The van der Waals surface area contributed by atoms with E-state index in [1.807, 2.05) is 0 Å². The van der Waals surface area contributed by atoms with E-state index in [-0.39, 0.29) is 4.05 Å². The maximum absolute atomic E-state index is 12.2. The predicted octanol–water partition coefficient (Wildman–Crippen LogP) is 2.33. The van der Waals surface area contributed by atoms with Gasteiger partial charge in [0.1, 0.15) is 0 Å². The Balaban J connectivity index is 5.50. The van der Waals surface area contributed by atoms with Crippen LogP contribution in [0, 0.1) is 0 Å². The average molecular weight is 205 g/mol. The number of rotatable bonds is 1. The van der Waals surface area contributed by atoms with Crippen LogP contribution in [0.25, 0.3) is 0 Å². The Morgan fingerprint density at radius 1 is 1.00 bits per heavy atom. The normalized spacial score (nSPS) is 25.3. The molecule has 0 bridgehead atoms. The van der Waals surface area contributed by atoms with E-state index in [4.69, 9.17) is 3.87 Å². The second kappa shape index (κ2) is 0.771. The molecule has 0 aliphatic rings. The van der Waals surface area contributed by atoms with Gasteiger partial charge in [0.05, 0.1) is 0 Å². The SMILES string of the molecule is [O]=[Co]([F])([F])([F])([F])([F])[O]F. The molecule has 0 unspecified atom stereocenters. The monoisotopic (exact) mass is 205 g/mol. The number of hydrogen-bond acceptors (Lipinski definition) is 2. The summed E-state index contributed by atoms with van der Waals surface area (Å²) >= 11 is -12.2. The van der Waals surface area contributed by atoms with E-state index < -0.39 is 12.0 Å². The third-order valence-electron chi connectivity index (χ3n) is 0.118. The molecule has 0 saturated heterocycles. The Kier molecular flexibility index (Phi) is 0.757. The molecule has 0 aromatic heterocycles. The van der Waals surface area contributed by atoms with Crippen molar-refractivity contribution >= 4 is 0 Å². The second-order valence-electron chi connectivity index (χ2n) is 1.10. The van der Waals surface area contributed by atoms with E-state index in [1.54, 1.807) is 0 Å². The van der Waals surface area contributed by atoms with Crippen molar-refractivity contribution in [2.75, 3.05) is 0 Å². The average Bonchev–Trinajstić information content (AvgIpc) is 1.27. The van der Waals surface area contributed by atoms with Gasteiger partial charge in [-0.1, -0.05) is 0 Å². The minimum absolute atomic E-state index is 0.245. The van der Waals surface area contributed by atoms with Crippen LogP contribution in [0.15, 0.2) is 0 Å². The zero-order chi connectivity index (χ0) is 8.09. The van der Waals surface area contributed by atoms with Crippen molar-refractivity contribution < 1.29 is 42.3 Å². The summed E-state index contributed by atoms with van der Waals surface area (Å²) < 4.78 is 71.1. The molecule has 0 aromatic rings. The van der Waals surface area contributed by atoms with Gasteiger partial charge in [0.15, 0.2) is 0 Å². The molecular formula is CoF6O2. The number of hydrogen-bond donors (Lipinski definition) is 0. The van der Waals surface area contributed by atoms with Crippen molar-refractivity contribution in [2.24, 2.45) is 0 Å². The van der Waals surface area contributed by atoms with Gasteiger partial charge in [-0.2, -0.15) is 0 Å². The molecule has 9 heavy (non-hydrogen) atoms. The van der Waals surface area contributed by atoms with Gasteiger partial charge in [0, 0.05) is 0 Å². The van der Waals surface area contributed by atoms with Gasteiger partial charge in [-0.25, -0.2) is 0 Å². The molecule has 0 aliphatic carbocycles.